The van der Waals surface area contributed by atoms with Crippen molar-refractivity contribution in [3.8, 4) is 11.5 Å². The van der Waals surface area contributed by atoms with Crippen molar-refractivity contribution in [2.24, 2.45) is 0 Å². The summed E-state index contributed by atoms with van der Waals surface area (Å²) >= 11 is 0. The molecule has 0 radical (unpaired) electrons. The number of amides is 1. The summed E-state index contributed by atoms with van der Waals surface area (Å²) in [5.74, 6) is -4.05. The number of fused-ring (bicyclic) bond motifs is 1. The number of halogens is 3. The monoisotopic (exact) mass is 375 g/mol. The lowest BCUT2D eigenvalue weighted by Crippen LogP contribution is -2.30. The second-order valence-electron chi connectivity index (χ2n) is 5.85. The molecular weight excluding hydrogens is 359 g/mol. The fraction of sp³-hybridized carbons (Fsp3) is 0.150. The molecule has 1 N–H and O–H groups in total. The van der Waals surface area contributed by atoms with Crippen molar-refractivity contribution in [3.05, 3.63) is 66.0 Å². The molecule has 1 atom stereocenters. The van der Waals surface area contributed by atoms with E-state index in [9.17, 15) is 18.0 Å². The predicted molar refractivity (Wildman–Crippen MR) is 95.5 cm³/mol. The van der Waals surface area contributed by atoms with E-state index in [1.807, 2.05) is 24.3 Å². The van der Waals surface area contributed by atoms with Gasteiger partial charge in [-0.1, -0.05) is 12.1 Å². The highest BCUT2D eigenvalue weighted by Gasteiger charge is 2.19. The highest BCUT2D eigenvalue weighted by molar-refractivity contribution is 5.94. The lowest BCUT2D eigenvalue weighted by Gasteiger charge is -2.16. The summed E-state index contributed by atoms with van der Waals surface area (Å²) in [6, 6.07) is 12.5. The Morgan fingerprint density at radius 3 is 2.30 bits per heavy atom. The minimum Gasteiger partial charge on any atom is -0.497 e. The van der Waals surface area contributed by atoms with Gasteiger partial charge in [0.25, 0.3) is 5.91 Å². The number of hydrogen-bond donors (Lipinski definition) is 1. The zero-order valence-corrected chi connectivity index (χ0v) is 14.6. The van der Waals surface area contributed by atoms with Gasteiger partial charge in [-0.2, -0.15) is 0 Å². The molecule has 140 valence electrons. The van der Waals surface area contributed by atoms with Crippen LogP contribution in [0.1, 0.15) is 6.92 Å². The number of nitrogens with one attached hydrogen (secondary N) is 1. The summed E-state index contributed by atoms with van der Waals surface area (Å²) in [7, 11) is 1.56. The van der Waals surface area contributed by atoms with Gasteiger partial charge < -0.3 is 14.8 Å². The number of carbonyl (C=O) groups excluding carboxylic acids is 1. The first kappa shape index (κ1) is 18.6. The third-order valence-electron chi connectivity index (χ3n) is 3.99. The molecule has 0 saturated carbocycles. The lowest BCUT2D eigenvalue weighted by atomic mass is 10.1. The van der Waals surface area contributed by atoms with Gasteiger partial charge in [-0.3, -0.25) is 4.79 Å². The van der Waals surface area contributed by atoms with Crippen molar-refractivity contribution in [1.29, 1.82) is 0 Å². The van der Waals surface area contributed by atoms with Gasteiger partial charge in [-0.15, -0.1) is 0 Å². The Bertz CT molecular complexity index is 1010. The molecule has 0 aliphatic heterocycles. The van der Waals surface area contributed by atoms with Crippen molar-refractivity contribution in [1.82, 2.24) is 0 Å². The Labute approximate surface area is 153 Å². The quantitative estimate of drug-likeness (QED) is 0.659. The van der Waals surface area contributed by atoms with Crippen LogP contribution in [0.3, 0.4) is 0 Å². The van der Waals surface area contributed by atoms with Crippen LogP contribution in [0.2, 0.25) is 0 Å². The summed E-state index contributed by atoms with van der Waals surface area (Å²) in [6.45, 7) is 1.46. The largest absolute Gasteiger partial charge is 0.497 e. The molecule has 3 aromatic carbocycles. The second kappa shape index (κ2) is 7.57. The van der Waals surface area contributed by atoms with Crippen LogP contribution < -0.4 is 14.8 Å². The number of benzene rings is 3. The highest BCUT2D eigenvalue weighted by Crippen LogP contribution is 2.26. The summed E-state index contributed by atoms with van der Waals surface area (Å²) in [4.78, 5) is 12.2. The summed E-state index contributed by atoms with van der Waals surface area (Å²) in [6.07, 6.45) is -0.999. The van der Waals surface area contributed by atoms with E-state index in [-0.39, 0.29) is 0 Å². The van der Waals surface area contributed by atoms with Gasteiger partial charge in [-0.25, -0.2) is 13.2 Å². The third kappa shape index (κ3) is 3.97. The van der Waals surface area contributed by atoms with Crippen molar-refractivity contribution in [2.75, 3.05) is 12.4 Å². The Morgan fingerprint density at radius 2 is 1.59 bits per heavy atom. The van der Waals surface area contributed by atoms with E-state index >= 15 is 0 Å². The molecule has 3 rings (SSSR count). The van der Waals surface area contributed by atoms with Crippen LogP contribution >= 0.6 is 0 Å². The number of methoxy groups -OCH3 is 1. The Kier molecular flexibility index (Phi) is 5.21. The summed E-state index contributed by atoms with van der Waals surface area (Å²) in [5, 5.41) is 4.00. The average molecular weight is 375 g/mol. The lowest BCUT2D eigenvalue weighted by molar-refractivity contribution is -0.122. The van der Waals surface area contributed by atoms with Crippen LogP contribution in [0, 0.1) is 17.5 Å². The molecular formula is C20H16F3NO3. The average Bonchev–Trinajstić information content (AvgIpc) is 2.67. The van der Waals surface area contributed by atoms with E-state index in [4.69, 9.17) is 9.47 Å². The predicted octanol–water partition coefficient (Wildman–Crippen LogP) is 4.67. The van der Waals surface area contributed by atoms with E-state index in [0.717, 1.165) is 22.9 Å². The number of carbonyl (C=O) groups is 1. The van der Waals surface area contributed by atoms with Crippen LogP contribution in [-0.2, 0) is 4.79 Å². The van der Waals surface area contributed by atoms with Crippen molar-refractivity contribution >= 4 is 22.4 Å². The van der Waals surface area contributed by atoms with Crippen LogP contribution in [0.5, 0.6) is 11.5 Å². The van der Waals surface area contributed by atoms with Crippen LogP contribution in [0.15, 0.2) is 48.5 Å². The number of hydrogen-bond acceptors (Lipinski definition) is 3. The Balaban J connectivity index is 1.74. The molecule has 0 saturated heterocycles. The van der Waals surface area contributed by atoms with Gasteiger partial charge in [0.2, 0.25) is 0 Å². The maximum Gasteiger partial charge on any atom is 0.265 e. The smallest absolute Gasteiger partial charge is 0.265 e. The van der Waals surface area contributed by atoms with Gasteiger partial charge in [0.05, 0.1) is 12.8 Å². The van der Waals surface area contributed by atoms with Crippen molar-refractivity contribution in [2.45, 2.75) is 13.0 Å². The molecule has 0 aromatic heterocycles. The van der Waals surface area contributed by atoms with Crippen LogP contribution in [-0.4, -0.2) is 19.1 Å². The first-order valence-electron chi connectivity index (χ1n) is 8.08. The molecule has 7 heteroatoms. The second-order valence-corrected chi connectivity index (χ2v) is 5.85. The molecule has 27 heavy (non-hydrogen) atoms. The summed E-state index contributed by atoms with van der Waals surface area (Å²) < 4.78 is 50.7. The first-order valence-corrected chi connectivity index (χ1v) is 8.08. The van der Waals surface area contributed by atoms with Gasteiger partial charge in [-0.05, 0) is 54.1 Å². The molecule has 4 nitrogen and oxygen atoms in total. The normalized spacial score (nSPS) is 11.9. The molecule has 3 aromatic rings. The molecule has 0 unspecified atom stereocenters. The van der Waals surface area contributed by atoms with Gasteiger partial charge in [0.1, 0.15) is 11.5 Å². The van der Waals surface area contributed by atoms with Crippen LogP contribution in [0.4, 0.5) is 18.9 Å². The zero-order valence-electron chi connectivity index (χ0n) is 14.6. The molecule has 0 aliphatic rings. The van der Waals surface area contributed by atoms with E-state index in [0.29, 0.717) is 11.5 Å². The molecule has 0 fully saturated rings. The standard InChI is InChI=1S/C20H16F3NO3/c1-11(20(25)24-17-8-7-16(21)18(22)19(17)23)27-15-6-4-12-3-5-14(26-2)9-13(12)10-15/h3-11H,1-2H3,(H,24,25)/t11-/m1/s1. The van der Waals surface area contributed by atoms with Crippen molar-refractivity contribution < 1.29 is 27.4 Å². The number of anilines is 1. The van der Waals surface area contributed by atoms with E-state index in [1.54, 1.807) is 19.2 Å². The fourth-order valence-corrected chi connectivity index (χ4v) is 2.52. The van der Waals surface area contributed by atoms with Crippen LogP contribution in [0.25, 0.3) is 10.8 Å². The minimum atomic E-state index is -1.65. The third-order valence-corrected chi connectivity index (χ3v) is 3.99. The molecule has 0 spiro atoms. The fourth-order valence-electron chi connectivity index (χ4n) is 2.52. The molecule has 1 amide bonds. The van der Waals surface area contributed by atoms with E-state index in [1.165, 1.54) is 6.92 Å². The highest BCUT2D eigenvalue weighted by atomic mass is 19.2. The van der Waals surface area contributed by atoms with Gasteiger partial charge in [0, 0.05) is 0 Å². The number of ether oxygens (including phenoxy) is 2. The SMILES string of the molecule is COc1ccc2ccc(O[C@H](C)C(=O)Nc3ccc(F)c(F)c3F)cc2c1. The maximum absolute atomic E-state index is 13.7. The molecule has 0 aliphatic carbocycles. The van der Waals surface area contributed by atoms with Gasteiger partial charge >= 0.3 is 0 Å². The number of rotatable bonds is 5. The minimum absolute atomic E-state index is 0.421. The molecule has 0 bridgehead atoms. The summed E-state index contributed by atoms with van der Waals surface area (Å²) in [5.41, 5.74) is -0.461. The topological polar surface area (TPSA) is 47.6 Å². The Hall–Kier alpha value is -3.22. The van der Waals surface area contributed by atoms with E-state index < -0.39 is 35.2 Å². The molecule has 0 heterocycles. The van der Waals surface area contributed by atoms with Gasteiger partial charge in [0.15, 0.2) is 23.6 Å². The maximum atomic E-state index is 13.7. The Morgan fingerprint density at radius 1 is 0.926 bits per heavy atom. The first-order chi connectivity index (χ1) is 12.9. The van der Waals surface area contributed by atoms with E-state index in [2.05, 4.69) is 5.32 Å². The zero-order chi connectivity index (χ0) is 19.6. The van der Waals surface area contributed by atoms with Crippen molar-refractivity contribution in [3.63, 3.8) is 0 Å².